The van der Waals surface area contributed by atoms with Gasteiger partial charge in [0, 0.05) is 23.7 Å². The highest BCUT2D eigenvalue weighted by atomic mass is 35.5. The van der Waals surface area contributed by atoms with E-state index in [-0.39, 0.29) is 18.3 Å². The van der Waals surface area contributed by atoms with E-state index >= 15 is 0 Å². The second kappa shape index (κ2) is 6.84. The van der Waals surface area contributed by atoms with Gasteiger partial charge in [-0.25, -0.2) is 0 Å². The SMILES string of the molecule is Cc1ccc(N)cc1C(=O)NCC1CCc2ccccc21.Cl. The molecule has 1 aliphatic carbocycles. The van der Waals surface area contributed by atoms with E-state index in [1.807, 2.05) is 19.1 Å². The average Bonchev–Trinajstić information content (AvgIpc) is 2.90. The molecule has 2 aromatic carbocycles. The third kappa shape index (κ3) is 3.25. The van der Waals surface area contributed by atoms with E-state index in [0.717, 1.165) is 18.4 Å². The molecule has 2 aromatic rings. The van der Waals surface area contributed by atoms with Crippen LogP contribution in [0.1, 0.15) is 39.4 Å². The molecule has 0 saturated heterocycles. The molecule has 0 bridgehead atoms. The van der Waals surface area contributed by atoms with E-state index in [0.29, 0.717) is 23.7 Å². The maximum absolute atomic E-state index is 12.3. The number of anilines is 1. The number of nitrogens with one attached hydrogen (secondary N) is 1. The third-order valence-corrected chi connectivity index (χ3v) is 4.27. The first-order chi connectivity index (χ1) is 10.1. The van der Waals surface area contributed by atoms with Crippen LogP contribution in [0.3, 0.4) is 0 Å². The van der Waals surface area contributed by atoms with E-state index in [9.17, 15) is 4.79 Å². The number of hydrogen-bond donors (Lipinski definition) is 2. The Hall–Kier alpha value is -2.00. The molecule has 1 amide bonds. The second-order valence-electron chi connectivity index (χ2n) is 5.72. The topological polar surface area (TPSA) is 55.1 Å². The lowest BCUT2D eigenvalue weighted by atomic mass is 10.0. The van der Waals surface area contributed by atoms with Crippen molar-refractivity contribution < 1.29 is 4.79 Å². The minimum Gasteiger partial charge on any atom is -0.399 e. The average molecular weight is 317 g/mol. The standard InChI is InChI=1S/C18H20N2O.ClH/c1-12-6-9-15(19)10-17(12)18(21)20-11-14-8-7-13-4-2-3-5-16(13)14;/h2-6,9-10,14H,7-8,11,19H2,1H3,(H,20,21);1H. The molecule has 3 nitrogen and oxygen atoms in total. The molecular formula is C18H21ClN2O. The van der Waals surface area contributed by atoms with Gasteiger partial charge in [-0.3, -0.25) is 4.79 Å². The number of carbonyl (C=O) groups excluding carboxylic acids is 1. The van der Waals surface area contributed by atoms with Gasteiger partial charge in [-0.1, -0.05) is 30.3 Å². The van der Waals surface area contributed by atoms with E-state index in [4.69, 9.17) is 5.73 Å². The number of nitrogens with two attached hydrogens (primary N) is 1. The van der Waals surface area contributed by atoms with Gasteiger partial charge in [0.25, 0.3) is 5.91 Å². The summed E-state index contributed by atoms with van der Waals surface area (Å²) in [5.74, 6) is 0.385. The predicted octanol–water partition coefficient (Wildman–Crippen LogP) is 3.46. The van der Waals surface area contributed by atoms with Crippen LogP contribution in [0.4, 0.5) is 5.69 Å². The van der Waals surface area contributed by atoms with Crippen LogP contribution in [0, 0.1) is 6.92 Å². The number of hydrogen-bond acceptors (Lipinski definition) is 2. The van der Waals surface area contributed by atoms with Crippen molar-refractivity contribution in [2.24, 2.45) is 0 Å². The highest BCUT2D eigenvalue weighted by molar-refractivity contribution is 5.96. The molecule has 0 aliphatic heterocycles. The molecule has 4 heteroatoms. The summed E-state index contributed by atoms with van der Waals surface area (Å²) in [6.07, 6.45) is 2.21. The highest BCUT2D eigenvalue weighted by Crippen LogP contribution is 2.32. The molecule has 0 aromatic heterocycles. The summed E-state index contributed by atoms with van der Waals surface area (Å²) < 4.78 is 0. The summed E-state index contributed by atoms with van der Waals surface area (Å²) in [5, 5.41) is 3.06. The number of benzene rings is 2. The summed E-state index contributed by atoms with van der Waals surface area (Å²) in [6.45, 7) is 2.61. The lowest BCUT2D eigenvalue weighted by Gasteiger charge is -2.14. The maximum Gasteiger partial charge on any atom is 0.251 e. The molecule has 0 saturated carbocycles. The number of aryl methyl sites for hydroxylation is 2. The first-order valence-corrected chi connectivity index (χ1v) is 7.37. The Bertz CT molecular complexity index is 685. The number of nitrogen functional groups attached to an aromatic ring is 1. The molecule has 0 heterocycles. The molecule has 0 spiro atoms. The van der Waals surface area contributed by atoms with E-state index in [1.54, 1.807) is 6.07 Å². The first kappa shape index (κ1) is 16.4. The normalized spacial score (nSPS) is 15.8. The molecule has 3 rings (SSSR count). The zero-order valence-corrected chi connectivity index (χ0v) is 13.5. The van der Waals surface area contributed by atoms with Gasteiger partial charge in [0.05, 0.1) is 0 Å². The summed E-state index contributed by atoms with van der Waals surface area (Å²) in [7, 11) is 0. The molecule has 1 aliphatic rings. The molecule has 3 N–H and O–H groups in total. The predicted molar refractivity (Wildman–Crippen MR) is 92.7 cm³/mol. The monoisotopic (exact) mass is 316 g/mol. The van der Waals surface area contributed by atoms with Crippen LogP contribution in [0.25, 0.3) is 0 Å². The van der Waals surface area contributed by atoms with Gasteiger partial charge < -0.3 is 11.1 Å². The summed E-state index contributed by atoms with van der Waals surface area (Å²) in [6, 6.07) is 13.9. The van der Waals surface area contributed by atoms with Gasteiger partial charge in [-0.05, 0) is 48.6 Å². The molecule has 0 fully saturated rings. The van der Waals surface area contributed by atoms with Crippen LogP contribution >= 0.6 is 12.4 Å². The Kier molecular flexibility index (Phi) is 5.09. The number of halogens is 1. The fourth-order valence-electron chi connectivity index (χ4n) is 3.05. The van der Waals surface area contributed by atoms with E-state index < -0.39 is 0 Å². The lowest BCUT2D eigenvalue weighted by Crippen LogP contribution is -2.28. The summed E-state index contributed by atoms with van der Waals surface area (Å²) in [4.78, 5) is 12.3. The van der Waals surface area contributed by atoms with Crippen molar-refractivity contribution in [2.45, 2.75) is 25.7 Å². The molecule has 1 unspecified atom stereocenters. The van der Waals surface area contributed by atoms with Crippen LogP contribution in [0.5, 0.6) is 0 Å². The zero-order valence-electron chi connectivity index (χ0n) is 12.6. The van der Waals surface area contributed by atoms with Crippen molar-refractivity contribution in [3.05, 3.63) is 64.7 Å². The number of amides is 1. The van der Waals surface area contributed by atoms with Crippen molar-refractivity contribution in [3.8, 4) is 0 Å². The number of fused-ring (bicyclic) bond motifs is 1. The molecule has 0 radical (unpaired) electrons. The Morgan fingerprint density at radius 2 is 2.05 bits per heavy atom. The Morgan fingerprint density at radius 3 is 2.86 bits per heavy atom. The lowest BCUT2D eigenvalue weighted by molar-refractivity contribution is 0.0950. The Balaban J connectivity index is 0.00000176. The van der Waals surface area contributed by atoms with Crippen molar-refractivity contribution >= 4 is 24.0 Å². The van der Waals surface area contributed by atoms with E-state index in [1.165, 1.54) is 11.1 Å². The van der Waals surface area contributed by atoms with Crippen molar-refractivity contribution in [3.63, 3.8) is 0 Å². The van der Waals surface area contributed by atoms with Gasteiger partial charge in [0.2, 0.25) is 0 Å². The minimum atomic E-state index is -0.0378. The maximum atomic E-state index is 12.3. The van der Waals surface area contributed by atoms with Crippen molar-refractivity contribution in [2.75, 3.05) is 12.3 Å². The highest BCUT2D eigenvalue weighted by Gasteiger charge is 2.22. The number of carbonyl (C=O) groups is 1. The largest absolute Gasteiger partial charge is 0.399 e. The molecule has 116 valence electrons. The Morgan fingerprint density at radius 1 is 1.27 bits per heavy atom. The van der Waals surface area contributed by atoms with Gasteiger partial charge in [-0.2, -0.15) is 0 Å². The third-order valence-electron chi connectivity index (χ3n) is 4.27. The molecular weight excluding hydrogens is 296 g/mol. The first-order valence-electron chi connectivity index (χ1n) is 7.37. The van der Waals surface area contributed by atoms with Crippen LogP contribution in [-0.4, -0.2) is 12.5 Å². The Labute approximate surface area is 137 Å². The zero-order chi connectivity index (χ0) is 14.8. The molecule has 1 atom stereocenters. The minimum absolute atomic E-state index is 0. The fraction of sp³-hybridized carbons (Fsp3) is 0.278. The van der Waals surface area contributed by atoms with Crippen molar-refractivity contribution in [1.82, 2.24) is 5.32 Å². The van der Waals surface area contributed by atoms with Crippen LogP contribution in [-0.2, 0) is 6.42 Å². The molecule has 22 heavy (non-hydrogen) atoms. The van der Waals surface area contributed by atoms with Crippen molar-refractivity contribution in [1.29, 1.82) is 0 Å². The fourth-order valence-corrected chi connectivity index (χ4v) is 3.05. The van der Waals surface area contributed by atoms with Gasteiger partial charge in [0.1, 0.15) is 0 Å². The number of rotatable bonds is 3. The van der Waals surface area contributed by atoms with Gasteiger partial charge in [-0.15, -0.1) is 12.4 Å². The summed E-state index contributed by atoms with van der Waals surface area (Å²) >= 11 is 0. The second-order valence-corrected chi connectivity index (χ2v) is 5.72. The van der Waals surface area contributed by atoms with Gasteiger partial charge >= 0.3 is 0 Å². The van der Waals surface area contributed by atoms with Crippen LogP contribution in [0.15, 0.2) is 42.5 Å². The smallest absolute Gasteiger partial charge is 0.251 e. The summed E-state index contributed by atoms with van der Waals surface area (Å²) in [5.41, 5.74) is 10.8. The van der Waals surface area contributed by atoms with Crippen LogP contribution < -0.4 is 11.1 Å². The quantitative estimate of drug-likeness (QED) is 0.852. The van der Waals surface area contributed by atoms with Gasteiger partial charge in [0.15, 0.2) is 0 Å². The van der Waals surface area contributed by atoms with Crippen LogP contribution in [0.2, 0.25) is 0 Å². The van der Waals surface area contributed by atoms with E-state index in [2.05, 4.69) is 29.6 Å².